The maximum absolute atomic E-state index is 13.9. The molecule has 0 bridgehead atoms. The third kappa shape index (κ3) is 5.66. The number of aryl methyl sites for hydroxylation is 1. The van der Waals surface area contributed by atoms with Crippen LogP contribution in [0.3, 0.4) is 0 Å². The Morgan fingerprint density at radius 2 is 2.00 bits per heavy atom. The van der Waals surface area contributed by atoms with Crippen LogP contribution in [-0.4, -0.2) is 72.8 Å². The van der Waals surface area contributed by atoms with E-state index < -0.39 is 0 Å². The number of rotatable bonds is 10. The van der Waals surface area contributed by atoms with Crippen molar-refractivity contribution in [3.63, 3.8) is 0 Å². The van der Waals surface area contributed by atoms with E-state index in [4.69, 9.17) is 14.5 Å². The van der Waals surface area contributed by atoms with Crippen molar-refractivity contribution in [2.45, 2.75) is 45.7 Å². The highest BCUT2D eigenvalue weighted by Crippen LogP contribution is 2.23. The fourth-order valence-corrected chi connectivity index (χ4v) is 4.40. The van der Waals surface area contributed by atoms with Gasteiger partial charge in [0.2, 0.25) is 0 Å². The first-order valence-electron chi connectivity index (χ1n) is 11.5. The Morgan fingerprint density at radius 1 is 1.22 bits per heavy atom. The largest absolute Gasteiger partial charge is 0.469 e. The lowest BCUT2D eigenvalue weighted by Gasteiger charge is -2.38. The van der Waals surface area contributed by atoms with Crippen LogP contribution in [-0.2, 0) is 20.8 Å². The molecule has 2 heterocycles. The molecule has 2 atom stereocenters. The second-order valence-electron chi connectivity index (χ2n) is 8.89. The van der Waals surface area contributed by atoms with Crippen molar-refractivity contribution in [1.29, 1.82) is 0 Å². The van der Waals surface area contributed by atoms with Gasteiger partial charge in [0.15, 0.2) is 5.82 Å². The number of benzene rings is 1. The minimum atomic E-state index is -0.255. The number of imidazole rings is 1. The van der Waals surface area contributed by atoms with Gasteiger partial charge < -0.3 is 24.3 Å². The van der Waals surface area contributed by atoms with Crippen LogP contribution in [0.4, 0.5) is 0 Å². The molecule has 1 amide bonds. The van der Waals surface area contributed by atoms with E-state index >= 15 is 0 Å². The lowest BCUT2D eigenvalue weighted by Crippen LogP contribution is -2.54. The van der Waals surface area contributed by atoms with Crippen molar-refractivity contribution in [1.82, 2.24) is 19.8 Å². The summed E-state index contributed by atoms with van der Waals surface area (Å²) >= 11 is 0. The van der Waals surface area contributed by atoms with Gasteiger partial charge in [0.25, 0.3) is 5.91 Å². The molecule has 0 aliphatic carbocycles. The molecular weight excluding hydrogens is 408 g/mol. The van der Waals surface area contributed by atoms with Gasteiger partial charge in [-0.3, -0.25) is 9.59 Å². The van der Waals surface area contributed by atoms with E-state index in [1.54, 1.807) is 7.11 Å². The van der Waals surface area contributed by atoms with Gasteiger partial charge in [-0.25, -0.2) is 4.98 Å². The number of esters is 1. The number of nitrogens with one attached hydrogen (secondary N) is 1. The van der Waals surface area contributed by atoms with Crippen molar-refractivity contribution in [3.8, 4) is 0 Å². The summed E-state index contributed by atoms with van der Waals surface area (Å²) in [6, 6.07) is 7.78. The fraction of sp³-hybridized carbons (Fsp3) is 0.625. The van der Waals surface area contributed by atoms with Crippen molar-refractivity contribution >= 4 is 22.9 Å². The molecule has 1 aliphatic rings. The number of piperidine rings is 1. The third-order valence-electron chi connectivity index (χ3n) is 5.95. The van der Waals surface area contributed by atoms with Gasteiger partial charge in [0, 0.05) is 45.9 Å². The Hall–Kier alpha value is -2.45. The average molecular weight is 445 g/mol. The molecular formula is C24H36N4O4. The highest BCUT2D eigenvalue weighted by molar-refractivity contribution is 5.95. The number of ether oxygens (including phenoxy) is 2. The lowest BCUT2D eigenvalue weighted by molar-refractivity contribution is -0.146. The quantitative estimate of drug-likeness (QED) is 0.448. The van der Waals surface area contributed by atoms with Crippen LogP contribution in [0.15, 0.2) is 24.3 Å². The molecule has 2 aromatic rings. The Balaban J connectivity index is 1.91. The smallest absolute Gasteiger partial charge is 0.310 e. The molecule has 0 spiro atoms. The Kier molecular flexibility index (Phi) is 8.64. The Bertz CT molecular complexity index is 911. The maximum Gasteiger partial charge on any atom is 0.310 e. The fourth-order valence-electron chi connectivity index (χ4n) is 4.40. The summed E-state index contributed by atoms with van der Waals surface area (Å²) in [7, 11) is 3.11. The van der Waals surface area contributed by atoms with Crippen molar-refractivity contribution in [2.75, 3.05) is 40.5 Å². The standard InChI is InChI=1S/C24H36N4O4/c1-17(2)16-28(19-13-18(14-25-15-19)24(30)32-4)23(29)22-26-20-9-5-6-10-21(20)27(22)11-7-8-12-31-3/h5-6,9-10,17-19,25H,7-8,11-16H2,1-4H3/t18-,19+/m1/s1. The number of unbranched alkanes of at least 4 members (excludes halogenated alkanes) is 1. The number of para-hydroxylation sites is 2. The number of carbonyl (C=O) groups is 2. The molecule has 3 rings (SSSR count). The second kappa shape index (κ2) is 11.4. The highest BCUT2D eigenvalue weighted by atomic mass is 16.5. The number of nitrogens with zero attached hydrogens (tertiary/aromatic N) is 3. The number of aromatic nitrogens is 2. The van der Waals surface area contributed by atoms with E-state index in [-0.39, 0.29) is 29.8 Å². The van der Waals surface area contributed by atoms with Gasteiger partial charge in [-0.2, -0.15) is 0 Å². The highest BCUT2D eigenvalue weighted by Gasteiger charge is 2.35. The minimum Gasteiger partial charge on any atom is -0.469 e. The van der Waals surface area contributed by atoms with Crippen LogP contribution < -0.4 is 5.32 Å². The van der Waals surface area contributed by atoms with Crippen LogP contribution in [0.5, 0.6) is 0 Å². The van der Waals surface area contributed by atoms with Crippen LogP contribution in [0.2, 0.25) is 0 Å². The van der Waals surface area contributed by atoms with Crippen molar-refractivity contribution in [3.05, 3.63) is 30.1 Å². The first kappa shape index (κ1) is 24.2. The zero-order chi connectivity index (χ0) is 23.1. The molecule has 0 radical (unpaired) electrons. The third-order valence-corrected chi connectivity index (χ3v) is 5.95. The average Bonchev–Trinajstić information content (AvgIpc) is 3.18. The summed E-state index contributed by atoms with van der Waals surface area (Å²) in [6.07, 6.45) is 2.40. The summed E-state index contributed by atoms with van der Waals surface area (Å²) in [6.45, 7) is 7.42. The molecule has 1 N–H and O–H groups in total. The molecule has 1 aliphatic heterocycles. The van der Waals surface area contributed by atoms with Gasteiger partial charge in [-0.05, 0) is 37.3 Å². The summed E-state index contributed by atoms with van der Waals surface area (Å²) in [5.41, 5.74) is 1.79. The van der Waals surface area contributed by atoms with Crippen molar-refractivity contribution in [2.24, 2.45) is 11.8 Å². The van der Waals surface area contributed by atoms with Crippen LogP contribution in [0.25, 0.3) is 11.0 Å². The number of hydrogen-bond donors (Lipinski definition) is 1. The first-order valence-corrected chi connectivity index (χ1v) is 11.5. The predicted molar refractivity (Wildman–Crippen MR) is 123 cm³/mol. The molecule has 8 heteroatoms. The number of methoxy groups -OCH3 is 2. The minimum absolute atomic E-state index is 0.0843. The monoisotopic (exact) mass is 444 g/mol. The summed E-state index contributed by atoms with van der Waals surface area (Å²) in [5, 5.41) is 3.31. The summed E-state index contributed by atoms with van der Waals surface area (Å²) < 4.78 is 12.2. The second-order valence-corrected chi connectivity index (χ2v) is 8.89. The zero-order valence-electron chi connectivity index (χ0n) is 19.7. The van der Waals surface area contributed by atoms with Gasteiger partial charge in [-0.1, -0.05) is 26.0 Å². The Morgan fingerprint density at radius 3 is 2.72 bits per heavy atom. The summed E-state index contributed by atoms with van der Waals surface area (Å²) in [5.74, 6) is 0.180. The summed E-state index contributed by atoms with van der Waals surface area (Å²) in [4.78, 5) is 32.7. The number of amides is 1. The van der Waals surface area contributed by atoms with Crippen LogP contribution in [0.1, 0.15) is 43.7 Å². The van der Waals surface area contributed by atoms with Crippen molar-refractivity contribution < 1.29 is 19.1 Å². The molecule has 1 aromatic heterocycles. The van der Waals surface area contributed by atoms with Gasteiger partial charge in [0.05, 0.1) is 24.1 Å². The van der Waals surface area contributed by atoms with E-state index in [2.05, 4.69) is 19.2 Å². The number of fused-ring (bicyclic) bond motifs is 1. The lowest BCUT2D eigenvalue weighted by atomic mass is 9.94. The molecule has 1 fully saturated rings. The number of carbonyl (C=O) groups excluding carboxylic acids is 2. The SMILES string of the molecule is COCCCCn1c(C(=O)N(CC(C)C)[C@@H]2CNC[C@H](C(=O)OC)C2)nc2ccccc21. The predicted octanol–water partition coefficient (Wildman–Crippen LogP) is 2.71. The Labute approximate surface area is 190 Å². The van der Waals surface area contributed by atoms with E-state index in [1.165, 1.54) is 7.11 Å². The zero-order valence-corrected chi connectivity index (χ0v) is 19.7. The maximum atomic E-state index is 13.9. The van der Waals surface area contributed by atoms with E-state index in [0.29, 0.717) is 45.0 Å². The van der Waals surface area contributed by atoms with Gasteiger partial charge in [-0.15, -0.1) is 0 Å². The molecule has 0 unspecified atom stereocenters. The normalized spacial score (nSPS) is 18.8. The number of hydrogen-bond acceptors (Lipinski definition) is 6. The first-order chi connectivity index (χ1) is 15.5. The molecule has 176 valence electrons. The van der Waals surface area contributed by atoms with Gasteiger partial charge in [0.1, 0.15) is 0 Å². The molecule has 1 saturated heterocycles. The van der Waals surface area contributed by atoms with E-state index in [0.717, 1.165) is 23.9 Å². The molecule has 8 nitrogen and oxygen atoms in total. The molecule has 32 heavy (non-hydrogen) atoms. The van der Waals surface area contributed by atoms with E-state index in [9.17, 15) is 9.59 Å². The topological polar surface area (TPSA) is 85.7 Å². The van der Waals surface area contributed by atoms with E-state index in [1.807, 2.05) is 33.7 Å². The van der Waals surface area contributed by atoms with Crippen LogP contribution >= 0.6 is 0 Å². The molecule has 1 aromatic carbocycles. The molecule has 0 saturated carbocycles. The van der Waals surface area contributed by atoms with Gasteiger partial charge >= 0.3 is 5.97 Å². The van der Waals surface area contributed by atoms with Crippen LogP contribution in [0, 0.1) is 11.8 Å².